The number of aromatic nitrogens is 7. The highest BCUT2D eigenvalue weighted by Crippen LogP contribution is 2.55. The average Bonchev–Trinajstić information content (AvgIpc) is 3.60. The molecular formula is C25H18Cl2F3N7S. The molecule has 0 saturated heterocycles. The third-order valence-corrected chi connectivity index (χ3v) is 8.45. The van der Waals surface area contributed by atoms with Crippen molar-refractivity contribution < 1.29 is 13.2 Å². The SMILES string of the molecule is FC(F)(F)C1(c2nnc(-c3nc(-c4ccccc4Cl)n(-c4ccc(Cl)cc4)c3Cn3cncn3)s2)CCC1. The van der Waals surface area contributed by atoms with Crippen molar-refractivity contribution in [3.8, 4) is 27.8 Å². The summed E-state index contributed by atoms with van der Waals surface area (Å²) in [5, 5.41) is 13.7. The molecule has 13 heteroatoms. The van der Waals surface area contributed by atoms with E-state index in [-0.39, 0.29) is 29.4 Å². The van der Waals surface area contributed by atoms with Crippen molar-refractivity contribution >= 4 is 34.5 Å². The normalized spacial score (nSPS) is 15.0. The van der Waals surface area contributed by atoms with Crippen molar-refractivity contribution in [3.05, 3.63) is 81.9 Å². The topological polar surface area (TPSA) is 74.3 Å². The second-order valence-electron chi connectivity index (χ2n) is 8.96. The summed E-state index contributed by atoms with van der Waals surface area (Å²) in [6.07, 6.45) is -0.950. The second-order valence-corrected chi connectivity index (χ2v) is 10.8. The average molecular weight is 576 g/mol. The fraction of sp³-hybridized carbons (Fsp3) is 0.240. The molecule has 0 amide bonds. The van der Waals surface area contributed by atoms with Gasteiger partial charge in [0.15, 0.2) is 5.01 Å². The predicted molar refractivity (Wildman–Crippen MR) is 139 cm³/mol. The lowest BCUT2D eigenvalue weighted by molar-refractivity contribution is -0.212. The van der Waals surface area contributed by atoms with E-state index in [1.165, 1.54) is 6.33 Å². The lowest BCUT2D eigenvalue weighted by Gasteiger charge is -2.40. The Labute approximate surface area is 228 Å². The van der Waals surface area contributed by atoms with Crippen LogP contribution in [-0.4, -0.2) is 40.7 Å². The Kier molecular flexibility index (Phi) is 6.24. The van der Waals surface area contributed by atoms with Gasteiger partial charge in [0.2, 0.25) is 0 Å². The Balaban J connectivity index is 1.59. The molecule has 194 valence electrons. The van der Waals surface area contributed by atoms with Crippen molar-refractivity contribution in [2.45, 2.75) is 37.4 Å². The first-order chi connectivity index (χ1) is 18.3. The first-order valence-corrected chi connectivity index (χ1v) is 13.2. The van der Waals surface area contributed by atoms with Gasteiger partial charge in [-0.1, -0.05) is 53.1 Å². The predicted octanol–water partition coefficient (Wildman–Crippen LogP) is 6.99. The van der Waals surface area contributed by atoms with Crippen molar-refractivity contribution in [1.82, 2.24) is 34.5 Å². The number of benzene rings is 2. The van der Waals surface area contributed by atoms with E-state index in [4.69, 9.17) is 28.2 Å². The smallest absolute Gasteiger partial charge is 0.294 e. The van der Waals surface area contributed by atoms with Crippen LogP contribution in [0.15, 0.2) is 61.2 Å². The van der Waals surface area contributed by atoms with Crippen LogP contribution in [0.1, 0.15) is 30.0 Å². The second kappa shape index (κ2) is 9.48. The van der Waals surface area contributed by atoms with Crippen LogP contribution in [0, 0.1) is 0 Å². The summed E-state index contributed by atoms with van der Waals surface area (Å²) in [6.45, 7) is 0.217. The summed E-state index contributed by atoms with van der Waals surface area (Å²) in [7, 11) is 0. The molecule has 1 aliphatic carbocycles. The van der Waals surface area contributed by atoms with E-state index >= 15 is 0 Å². The summed E-state index contributed by atoms with van der Waals surface area (Å²) < 4.78 is 45.6. The molecule has 3 heterocycles. The summed E-state index contributed by atoms with van der Waals surface area (Å²) >= 11 is 13.7. The molecule has 0 aliphatic heterocycles. The monoisotopic (exact) mass is 575 g/mol. The number of imidazole rings is 1. The molecule has 0 spiro atoms. The van der Waals surface area contributed by atoms with Crippen LogP contribution in [-0.2, 0) is 12.0 Å². The van der Waals surface area contributed by atoms with E-state index < -0.39 is 11.6 Å². The highest BCUT2D eigenvalue weighted by Gasteiger charge is 2.61. The van der Waals surface area contributed by atoms with Gasteiger partial charge in [-0.15, -0.1) is 10.2 Å². The molecule has 38 heavy (non-hydrogen) atoms. The van der Waals surface area contributed by atoms with Crippen molar-refractivity contribution in [2.75, 3.05) is 0 Å². The summed E-state index contributed by atoms with van der Waals surface area (Å²) in [6, 6.07) is 14.4. The zero-order valence-corrected chi connectivity index (χ0v) is 21.9. The quantitative estimate of drug-likeness (QED) is 0.218. The maximum absolute atomic E-state index is 14.0. The molecule has 6 rings (SSSR count). The molecule has 0 N–H and O–H groups in total. The Morgan fingerprint density at radius 2 is 1.76 bits per heavy atom. The zero-order chi connectivity index (χ0) is 26.5. The van der Waals surface area contributed by atoms with Gasteiger partial charge >= 0.3 is 6.18 Å². The fourth-order valence-electron chi connectivity index (χ4n) is 4.59. The number of hydrogen-bond donors (Lipinski definition) is 0. The Bertz CT molecular complexity index is 1590. The van der Waals surface area contributed by atoms with Gasteiger partial charge in [-0.05, 0) is 49.2 Å². The molecule has 0 bridgehead atoms. The first kappa shape index (κ1) is 25.0. The van der Waals surface area contributed by atoms with Crippen LogP contribution in [0.2, 0.25) is 10.0 Å². The van der Waals surface area contributed by atoms with E-state index in [0.717, 1.165) is 17.0 Å². The van der Waals surface area contributed by atoms with Crippen LogP contribution >= 0.6 is 34.5 Å². The lowest BCUT2D eigenvalue weighted by Crippen LogP contribution is -2.47. The highest BCUT2D eigenvalue weighted by molar-refractivity contribution is 7.14. The van der Waals surface area contributed by atoms with E-state index in [1.54, 1.807) is 29.2 Å². The molecule has 7 nitrogen and oxygen atoms in total. The molecule has 0 unspecified atom stereocenters. The molecule has 1 saturated carbocycles. The third kappa shape index (κ3) is 4.18. The number of rotatable bonds is 6. The summed E-state index contributed by atoms with van der Waals surface area (Å²) in [5.41, 5.74) is 0.439. The zero-order valence-electron chi connectivity index (χ0n) is 19.5. The van der Waals surface area contributed by atoms with Gasteiger partial charge in [-0.3, -0.25) is 4.57 Å². The fourth-order valence-corrected chi connectivity index (χ4v) is 6.06. The van der Waals surface area contributed by atoms with Crippen LogP contribution < -0.4 is 0 Å². The molecule has 5 aromatic rings. The summed E-state index contributed by atoms with van der Waals surface area (Å²) in [4.78, 5) is 8.93. The van der Waals surface area contributed by atoms with E-state index in [1.807, 2.05) is 34.9 Å². The van der Waals surface area contributed by atoms with E-state index in [0.29, 0.717) is 39.2 Å². The third-order valence-electron chi connectivity index (χ3n) is 6.74. The van der Waals surface area contributed by atoms with Crippen LogP contribution in [0.25, 0.3) is 27.8 Å². The molecule has 0 atom stereocenters. The van der Waals surface area contributed by atoms with Crippen LogP contribution in [0.3, 0.4) is 0 Å². The Morgan fingerprint density at radius 3 is 2.39 bits per heavy atom. The van der Waals surface area contributed by atoms with Gasteiger partial charge in [0.1, 0.15) is 34.6 Å². The van der Waals surface area contributed by atoms with Gasteiger partial charge in [0.25, 0.3) is 0 Å². The maximum atomic E-state index is 14.0. The van der Waals surface area contributed by atoms with E-state index in [2.05, 4.69) is 20.3 Å². The Morgan fingerprint density at radius 1 is 1.00 bits per heavy atom. The van der Waals surface area contributed by atoms with Gasteiger partial charge in [0, 0.05) is 16.3 Å². The first-order valence-electron chi connectivity index (χ1n) is 11.6. The largest absolute Gasteiger partial charge is 0.400 e. The molecular weight excluding hydrogens is 558 g/mol. The minimum Gasteiger partial charge on any atom is -0.294 e. The van der Waals surface area contributed by atoms with Crippen molar-refractivity contribution in [2.24, 2.45) is 0 Å². The lowest BCUT2D eigenvalue weighted by atomic mass is 9.68. The number of halogens is 5. The summed E-state index contributed by atoms with van der Waals surface area (Å²) in [5.74, 6) is 0.494. The standard InChI is InChI=1S/C25H18Cl2F3N7S/c26-15-6-8-16(9-7-15)37-19(12-36-14-31-13-32-36)20(33-21(37)17-4-1-2-5-18(17)27)22-34-35-23(38-22)24(10-3-11-24)25(28,29)30/h1-2,4-9,13-14H,3,10-12H2. The van der Waals surface area contributed by atoms with Gasteiger partial charge in [-0.2, -0.15) is 18.3 Å². The van der Waals surface area contributed by atoms with Gasteiger partial charge < -0.3 is 0 Å². The molecule has 3 aromatic heterocycles. The number of hydrogen-bond acceptors (Lipinski definition) is 6. The minimum absolute atomic E-state index is 0.00103. The molecule has 1 aliphatic rings. The highest BCUT2D eigenvalue weighted by atomic mass is 35.5. The molecule has 0 radical (unpaired) electrons. The van der Waals surface area contributed by atoms with Crippen LogP contribution in [0.5, 0.6) is 0 Å². The van der Waals surface area contributed by atoms with Gasteiger partial charge in [-0.25, -0.2) is 14.6 Å². The van der Waals surface area contributed by atoms with Crippen molar-refractivity contribution in [3.63, 3.8) is 0 Å². The van der Waals surface area contributed by atoms with Gasteiger partial charge in [0.05, 0.1) is 17.3 Å². The van der Waals surface area contributed by atoms with E-state index in [9.17, 15) is 13.2 Å². The van der Waals surface area contributed by atoms with Crippen molar-refractivity contribution in [1.29, 1.82) is 0 Å². The number of nitrogens with zero attached hydrogens (tertiary/aromatic N) is 7. The molecule has 2 aromatic carbocycles. The maximum Gasteiger partial charge on any atom is 0.400 e. The minimum atomic E-state index is -4.41. The Hall–Kier alpha value is -3.28. The number of alkyl halides is 3. The molecule has 1 fully saturated rings. The van der Waals surface area contributed by atoms with Crippen LogP contribution in [0.4, 0.5) is 13.2 Å².